The molecule has 2 rings (SSSR count). The number of rotatable bonds is 5. The van der Waals surface area contributed by atoms with Crippen LogP contribution in [0.1, 0.15) is 50.6 Å². The summed E-state index contributed by atoms with van der Waals surface area (Å²) in [6.45, 7) is 2.86. The molecule has 1 aromatic rings. The monoisotopic (exact) mass is 352 g/mol. The van der Waals surface area contributed by atoms with Gasteiger partial charge >= 0.3 is 0 Å². The van der Waals surface area contributed by atoms with Crippen molar-refractivity contribution in [3.05, 3.63) is 34.3 Å². The SMILES string of the molecule is CCC(NC(=O)C1CCC(CN)CC1)c1ccc(Br)cc1. The third-order valence-corrected chi connectivity index (χ3v) is 5.08. The lowest BCUT2D eigenvalue weighted by molar-refractivity contribution is -0.127. The standard InChI is InChI=1S/C17H25BrN2O/c1-2-16(13-7-9-15(18)10-8-13)20-17(21)14-5-3-12(11-19)4-6-14/h7-10,12,14,16H,2-6,11,19H2,1H3,(H,20,21). The van der Waals surface area contributed by atoms with E-state index in [2.05, 4.69) is 40.3 Å². The van der Waals surface area contributed by atoms with Gasteiger partial charge in [-0.25, -0.2) is 0 Å². The maximum atomic E-state index is 12.5. The van der Waals surface area contributed by atoms with Gasteiger partial charge in [-0.3, -0.25) is 4.79 Å². The third kappa shape index (κ3) is 4.55. The Labute approximate surface area is 135 Å². The zero-order chi connectivity index (χ0) is 15.2. The molecule has 1 aromatic carbocycles. The molecule has 1 unspecified atom stereocenters. The second-order valence-corrected chi connectivity index (χ2v) is 6.89. The highest BCUT2D eigenvalue weighted by Gasteiger charge is 2.26. The second-order valence-electron chi connectivity index (χ2n) is 5.97. The molecular formula is C17H25BrN2O. The maximum absolute atomic E-state index is 12.5. The Balaban J connectivity index is 1.92. The first-order valence-electron chi connectivity index (χ1n) is 7.90. The maximum Gasteiger partial charge on any atom is 0.223 e. The fraction of sp³-hybridized carbons (Fsp3) is 0.588. The number of nitrogens with two attached hydrogens (primary N) is 1. The number of hydrogen-bond donors (Lipinski definition) is 2. The third-order valence-electron chi connectivity index (χ3n) is 4.55. The first-order chi connectivity index (χ1) is 10.1. The number of hydrogen-bond acceptors (Lipinski definition) is 2. The van der Waals surface area contributed by atoms with Crippen LogP contribution in [0.25, 0.3) is 0 Å². The molecule has 21 heavy (non-hydrogen) atoms. The number of nitrogens with one attached hydrogen (secondary N) is 1. The van der Waals surface area contributed by atoms with Crippen LogP contribution in [0.2, 0.25) is 0 Å². The topological polar surface area (TPSA) is 55.1 Å². The Morgan fingerprint density at radius 3 is 2.43 bits per heavy atom. The smallest absolute Gasteiger partial charge is 0.223 e. The van der Waals surface area contributed by atoms with Gasteiger partial charge < -0.3 is 11.1 Å². The Bertz CT molecular complexity index is 452. The largest absolute Gasteiger partial charge is 0.349 e. The van der Waals surface area contributed by atoms with Gasteiger partial charge in [-0.05, 0) is 62.3 Å². The highest BCUT2D eigenvalue weighted by molar-refractivity contribution is 9.10. The number of halogens is 1. The first kappa shape index (κ1) is 16.5. The van der Waals surface area contributed by atoms with E-state index < -0.39 is 0 Å². The molecule has 1 atom stereocenters. The van der Waals surface area contributed by atoms with Crippen molar-refractivity contribution in [3.8, 4) is 0 Å². The Kier molecular flexibility index (Phi) is 6.24. The van der Waals surface area contributed by atoms with Crippen LogP contribution in [0.15, 0.2) is 28.7 Å². The predicted octanol–water partition coefficient (Wildman–Crippen LogP) is 3.78. The Morgan fingerprint density at radius 2 is 1.90 bits per heavy atom. The number of carbonyl (C=O) groups is 1. The van der Waals surface area contributed by atoms with Gasteiger partial charge in [0.15, 0.2) is 0 Å². The molecule has 0 heterocycles. The van der Waals surface area contributed by atoms with Crippen molar-refractivity contribution in [1.82, 2.24) is 5.32 Å². The molecule has 116 valence electrons. The second kappa shape index (κ2) is 7.95. The van der Waals surface area contributed by atoms with Gasteiger partial charge in [-0.1, -0.05) is 35.0 Å². The van der Waals surface area contributed by atoms with Gasteiger partial charge in [0.2, 0.25) is 5.91 Å². The lowest BCUT2D eigenvalue weighted by atomic mass is 9.81. The van der Waals surface area contributed by atoms with Crippen LogP contribution in [0.5, 0.6) is 0 Å². The van der Waals surface area contributed by atoms with Crippen molar-refractivity contribution in [1.29, 1.82) is 0 Å². The van der Waals surface area contributed by atoms with Gasteiger partial charge in [0.05, 0.1) is 6.04 Å². The molecule has 1 fully saturated rings. The predicted molar refractivity (Wildman–Crippen MR) is 89.8 cm³/mol. The molecule has 4 heteroatoms. The van der Waals surface area contributed by atoms with Gasteiger partial charge in [-0.15, -0.1) is 0 Å². The highest BCUT2D eigenvalue weighted by Crippen LogP contribution is 2.29. The van der Waals surface area contributed by atoms with Crippen molar-refractivity contribution >= 4 is 21.8 Å². The van der Waals surface area contributed by atoms with Gasteiger partial charge in [0, 0.05) is 10.4 Å². The summed E-state index contributed by atoms with van der Waals surface area (Å²) in [6, 6.07) is 8.30. The number of carbonyl (C=O) groups excluding carboxylic acids is 1. The van der Waals surface area contributed by atoms with E-state index in [1.54, 1.807) is 0 Å². The summed E-state index contributed by atoms with van der Waals surface area (Å²) < 4.78 is 1.06. The molecule has 0 aliphatic heterocycles. The van der Waals surface area contributed by atoms with E-state index in [0.29, 0.717) is 5.92 Å². The number of benzene rings is 1. The summed E-state index contributed by atoms with van der Waals surface area (Å²) in [5, 5.41) is 3.22. The van der Waals surface area contributed by atoms with Crippen LogP contribution in [0.3, 0.4) is 0 Å². The molecule has 1 aliphatic carbocycles. The van der Waals surface area contributed by atoms with E-state index in [-0.39, 0.29) is 17.9 Å². The summed E-state index contributed by atoms with van der Waals surface area (Å²) in [7, 11) is 0. The minimum Gasteiger partial charge on any atom is -0.349 e. The molecule has 0 spiro atoms. The molecule has 0 saturated heterocycles. The normalized spacial score (nSPS) is 23.6. The summed E-state index contributed by atoms with van der Waals surface area (Å²) in [6.07, 6.45) is 5.04. The molecule has 0 radical (unpaired) electrons. The van der Waals surface area contributed by atoms with E-state index in [1.807, 2.05) is 12.1 Å². The van der Waals surface area contributed by atoms with Crippen molar-refractivity contribution in [3.63, 3.8) is 0 Å². The fourth-order valence-electron chi connectivity index (χ4n) is 3.07. The fourth-order valence-corrected chi connectivity index (χ4v) is 3.33. The zero-order valence-corrected chi connectivity index (χ0v) is 14.2. The minimum absolute atomic E-state index is 0.109. The lowest BCUT2D eigenvalue weighted by Crippen LogP contribution is -2.36. The van der Waals surface area contributed by atoms with Crippen molar-refractivity contribution in [2.75, 3.05) is 6.54 Å². The lowest BCUT2D eigenvalue weighted by Gasteiger charge is -2.28. The van der Waals surface area contributed by atoms with Crippen molar-refractivity contribution in [2.24, 2.45) is 17.6 Å². The molecule has 0 bridgehead atoms. The molecular weight excluding hydrogens is 328 g/mol. The minimum atomic E-state index is 0.109. The van der Waals surface area contributed by atoms with Crippen LogP contribution in [0, 0.1) is 11.8 Å². The summed E-state index contributed by atoms with van der Waals surface area (Å²) in [4.78, 5) is 12.5. The van der Waals surface area contributed by atoms with E-state index in [0.717, 1.165) is 43.1 Å². The summed E-state index contributed by atoms with van der Waals surface area (Å²) in [5.74, 6) is 0.986. The summed E-state index contributed by atoms with van der Waals surface area (Å²) in [5.41, 5.74) is 6.88. The Morgan fingerprint density at radius 1 is 1.29 bits per heavy atom. The Hall–Kier alpha value is -0.870. The van der Waals surface area contributed by atoms with Crippen LogP contribution >= 0.6 is 15.9 Å². The van der Waals surface area contributed by atoms with Crippen LogP contribution in [-0.2, 0) is 4.79 Å². The van der Waals surface area contributed by atoms with E-state index >= 15 is 0 Å². The van der Waals surface area contributed by atoms with E-state index in [4.69, 9.17) is 5.73 Å². The molecule has 1 amide bonds. The van der Waals surface area contributed by atoms with Gasteiger partial charge in [-0.2, -0.15) is 0 Å². The van der Waals surface area contributed by atoms with Gasteiger partial charge in [0.25, 0.3) is 0 Å². The zero-order valence-electron chi connectivity index (χ0n) is 12.6. The van der Waals surface area contributed by atoms with E-state index in [1.165, 1.54) is 5.56 Å². The van der Waals surface area contributed by atoms with Crippen LogP contribution in [0.4, 0.5) is 0 Å². The highest BCUT2D eigenvalue weighted by atomic mass is 79.9. The molecule has 1 saturated carbocycles. The molecule has 3 N–H and O–H groups in total. The summed E-state index contributed by atoms with van der Waals surface area (Å²) >= 11 is 3.44. The van der Waals surface area contributed by atoms with Crippen molar-refractivity contribution < 1.29 is 4.79 Å². The number of amides is 1. The molecule has 3 nitrogen and oxygen atoms in total. The van der Waals surface area contributed by atoms with Gasteiger partial charge in [0.1, 0.15) is 0 Å². The average Bonchev–Trinajstić information content (AvgIpc) is 2.53. The molecule has 1 aliphatic rings. The van der Waals surface area contributed by atoms with Crippen LogP contribution in [-0.4, -0.2) is 12.5 Å². The molecule has 0 aromatic heterocycles. The van der Waals surface area contributed by atoms with Crippen molar-refractivity contribution in [2.45, 2.75) is 45.1 Å². The average molecular weight is 353 g/mol. The van der Waals surface area contributed by atoms with E-state index in [9.17, 15) is 4.79 Å². The quantitative estimate of drug-likeness (QED) is 0.846. The first-order valence-corrected chi connectivity index (χ1v) is 8.69. The van der Waals surface area contributed by atoms with Crippen LogP contribution < -0.4 is 11.1 Å².